The summed E-state index contributed by atoms with van der Waals surface area (Å²) in [5.74, 6) is -1.07. The van der Waals surface area contributed by atoms with Crippen molar-refractivity contribution in [1.29, 1.82) is 0 Å². The van der Waals surface area contributed by atoms with Gasteiger partial charge in [-0.15, -0.1) is 0 Å². The van der Waals surface area contributed by atoms with Crippen LogP contribution in [0, 0.1) is 6.92 Å². The Hall–Kier alpha value is -9.08. The summed E-state index contributed by atoms with van der Waals surface area (Å²) in [6, 6.07) is 73.5. The summed E-state index contributed by atoms with van der Waals surface area (Å²) >= 11 is 0. The van der Waals surface area contributed by atoms with Gasteiger partial charge in [-0.25, -0.2) is 16.8 Å². The average molecular weight is 1280 g/mol. The van der Waals surface area contributed by atoms with Gasteiger partial charge >= 0.3 is 0 Å². The van der Waals surface area contributed by atoms with E-state index >= 15 is 0 Å². The van der Waals surface area contributed by atoms with E-state index in [1.807, 2.05) is 157 Å². The Morgan fingerprint density at radius 1 is 0.378 bits per heavy atom. The van der Waals surface area contributed by atoms with Crippen LogP contribution in [-0.2, 0) is 39.9 Å². The summed E-state index contributed by atoms with van der Waals surface area (Å²) in [5.41, 5.74) is 19.5. The van der Waals surface area contributed by atoms with E-state index in [-0.39, 0.29) is 37.3 Å². The molecule has 90 heavy (non-hydrogen) atoms. The Bertz CT molecular complexity index is 4580. The van der Waals surface area contributed by atoms with Crippen LogP contribution in [0.4, 0.5) is 56.9 Å². The van der Waals surface area contributed by atoms with E-state index in [1.54, 1.807) is 60.7 Å². The number of aryl methyl sites for hydroxylation is 1. The third kappa shape index (κ3) is 16.4. The van der Waals surface area contributed by atoms with E-state index in [0.29, 0.717) is 30.6 Å². The fourth-order valence-corrected chi connectivity index (χ4v) is 13.5. The number of nitrogens with two attached hydrogens (primary N) is 1. The zero-order chi connectivity index (χ0) is 64.0. The van der Waals surface area contributed by atoms with Gasteiger partial charge in [0, 0.05) is 75.3 Å². The Balaban J connectivity index is 0.999. The van der Waals surface area contributed by atoms with Crippen molar-refractivity contribution in [2.75, 3.05) is 39.1 Å². The number of hydrogen-bond donors (Lipinski definition) is 6. The first-order chi connectivity index (χ1) is 42.8. The van der Waals surface area contributed by atoms with Gasteiger partial charge in [-0.3, -0.25) is 9.11 Å². The van der Waals surface area contributed by atoms with Crippen molar-refractivity contribution < 1.29 is 42.8 Å². The molecule has 0 fully saturated rings. The molecule has 0 saturated heterocycles. The van der Waals surface area contributed by atoms with Gasteiger partial charge in [-0.05, 0) is 236 Å². The Morgan fingerprint density at radius 3 is 1.13 bits per heavy atom. The van der Waals surface area contributed by atoms with Gasteiger partial charge in [-0.2, -0.15) is 16.8 Å². The summed E-state index contributed by atoms with van der Waals surface area (Å²) in [7, 11) is -16.1. The number of rotatable bonds is 24. The maximum atomic E-state index is 12.6. The third-order valence-electron chi connectivity index (χ3n) is 16.1. The minimum atomic E-state index is -4.57. The lowest BCUT2D eigenvalue weighted by atomic mass is 9.74. The third-order valence-corrected chi connectivity index (χ3v) is 20.1. The van der Waals surface area contributed by atoms with E-state index in [2.05, 4.69) is 35.0 Å². The van der Waals surface area contributed by atoms with E-state index in [4.69, 9.17) is 5.73 Å². The van der Waals surface area contributed by atoms with Crippen LogP contribution in [0.2, 0.25) is 0 Å². The van der Waals surface area contributed by atoms with Crippen molar-refractivity contribution >= 4 is 96.8 Å². The maximum absolute atomic E-state index is 12.6. The molecule has 0 spiro atoms. The topological polar surface area (TPSA) is 242 Å². The SMILES string of the molecule is Cc1ccc(N(c2ccc(C(CC(CC(CC(C)c3ccc(S(C)(=O)=O)cc3)c3ccc(Nc4cccc(Nc5ccc(Nc6ccc(N)cc6)cc5)c4)cc3)c3ccc(S(=O)(=O)O)cc3)c3ccc(S(=O)(=O)O)cc3)cc2)c2ccc(S(C)(=O)=O)cc2)cc1. The molecule has 10 aromatic rings. The number of nitrogens with one attached hydrogen (secondary N) is 3. The molecule has 0 saturated carbocycles. The summed E-state index contributed by atoms with van der Waals surface area (Å²) < 4.78 is 120. The van der Waals surface area contributed by atoms with Crippen LogP contribution >= 0.6 is 0 Å². The lowest BCUT2D eigenvalue weighted by Gasteiger charge is -2.31. The van der Waals surface area contributed by atoms with Crippen molar-refractivity contribution in [1.82, 2.24) is 0 Å². The molecule has 4 atom stereocenters. The quantitative estimate of drug-likeness (QED) is 0.0243. The molecule has 0 radical (unpaired) electrons. The molecular formula is C71H69N5O10S4. The highest BCUT2D eigenvalue weighted by Crippen LogP contribution is 2.45. The lowest BCUT2D eigenvalue weighted by Crippen LogP contribution is -2.15. The molecular weight excluding hydrogens is 1210 g/mol. The fourth-order valence-electron chi connectivity index (χ4n) is 11.3. The lowest BCUT2D eigenvalue weighted by molar-refractivity contribution is 0.446. The van der Waals surface area contributed by atoms with Crippen LogP contribution < -0.4 is 26.6 Å². The summed E-state index contributed by atoms with van der Waals surface area (Å²) in [4.78, 5) is 1.86. The minimum absolute atomic E-state index is 0.0919. The first-order valence-corrected chi connectivity index (χ1v) is 35.6. The van der Waals surface area contributed by atoms with Crippen molar-refractivity contribution in [2.45, 2.75) is 76.4 Å². The summed E-state index contributed by atoms with van der Waals surface area (Å²) in [6.07, 6.45) is 3.83. The van der Waals surface area contributed by atoms with Crippen molar-refractivity contribution in [3.63, 3.8) is 0 Å². The Morgan fingerprint density at radius 2 is 0.700 bits per heavy atom. The standard InChI is InChI=1S/C71H69N5O10S4/c1-48-8-30-64(31-9-48)76(66-34-42-68(43-35-66)88(4,79)80)65-32-12-53(13-33-65)71(54-18-40-70(41-19-54)90(84,85)86)46-56(52-16-38-69(39-17-52)89(81,82)83)45-55(44-49(2)50-14-36-67(37-15-50)87(3,77)78)51-10-22-58(23-11-51)74-62-6-5-7-63(47-62)75-61-28-26-60(27-29-61)73-59-24-20-57(72)21-25-59/h5-43,47,49,55-56,71,73-75H,44-46,72H2,1-4H3,(H,81,82,83)(H,84,85,86). The minimum Gasteiger partial charge on any atom is -0.399 e. The monoisotopic (exact) mass is 1280 g/mol. The number of hydrogen-bond acceptors (Lipinski definition) is 13. The van der Waals surface area contributed by atoms with Crippen LogP contribution in [-0.4, -0.2) is 55.3 Å². The number of nitrogens with zero attached hydrogens (tertiary/aromatic N) is 1. The van der Waals surface area contributed by atoms with Gasteiger partial charge in [0.05, 0.1) is 19.6 Å². The second kappa shape index (κ2) is 26.9. The smallest absolute Gasteiger partial charge is 0.294 e. The second-order valence-corrected chi connectivity index (χ2v) is 29.7. The highest BCUT2D eigenvalue weighted by Gasteiger charge is 2.29. The fraction of sp³-hybridized carbons (Fsp3) is 0.155. The molecule has 10 aromatic carbocycles. The Kier molecular flexibility index (Phi) is 19.1. The molecule has 15 nitrogen and oxygen atoms in total. The summed E-state index contributed by atoms with van der Waals surface area (Å²) in [6.45, 7) is 4.09. The van der Waals surface area contributed by atoms with Gasteiger partial charge in [0.15, 0.2) is 19.7 Å². The van der Waals surface area contributed by atoms with Crippen LogP contribution in [0.5, 0.6) is 0 Å². The average Bonchev–Trinajstić information content (AvgIpc) is 1.62. The summed E-state index contributed by atoms with van der Waals surface area (Å²) in [5, 5.41) is 10.4. The number of sulfone groups is 2. The maximum Gasteiger partial charge on any atom is 0.294 e. The predicted molar refractivity (Wildman–Crippen MR) is 361 cm³/mol. The molecule has 0 aromatic heterocycles. The molecule has 4 unspecified atom stereocenters. The molecule has 0 amide bonds. The molecule has 462 valence electrons. The van der Waals surface area contributed by atoms with Crippen molar-refractivity contribution in [3.05, 3.63) is 276 Å². The highest BCUT2D eigenvalue weighted by atomic mass is 32.2. The first kappa shape index (κ1) is 63.9. The number of nitrogen functional groups attached to an aromatic ring is 1. The zero-order valence-corrected chi connectivity index (χ0v) is 53.1. The van der Waals surface area contributed by atoms with Crippen molar-refractivity contribution in [3.8, 4) is 0 Å². The van der Waals surface area contributed by atoms with Gasteiger partial charge < -0.3 is 26.6 Å². The molecule has 0 aliphatic rings. The molecule has 10 rings (SSSR count). The van der Waals surface area contributed by atoms with Crippen LogP contribution in [0.3, 0.4) is 0 Å². The van der Waals surface area contributed by atoms with Crippen LogP contribution in [0.1, 0.15) is 83.2 Å². The van der Waals surface area contributed by atoms with E-state index in [9.17, 15) is 42.8 Å². The van der Waals surface area contributed by atoms with Gasteiger partial charge in [0.2, 0.25) is 0 Å². The molecule has 0 aliphatic carbocycles. The number of anilines is 10. The van der Waals surface area contributed by atoms with E-state index < -0.39 is 45.8 Å². The highest BCUT2D eigenvalue weighted by molar-refractivity contribution is 7.91. The van der Waals surface area contributed by atoms with E-state index in [1.165, 1.54) is 30.5 Å². The van der Waals surface area contributed by atoms with Gasteiger partial charge in [0.25, 0.3) is 20.2 Å². The Labute approximate surface area is 527 Å². The largest absolute Gasteiger partial charge is 0.399 e. The molecule has 7 N–H and O–H groups in total. The van der Waals surface area contributed by atoms with Crippen LogP contribution in [0.25, 0.3) is 0 Å². The molecule has 0 bridgehead atoms. The number of benzene rings is 10. The predicted octanol–water partition coefficient (Wildman–Crippen LogP) is 16.3. The second-order valence-electron chi connectivity index (χ2n) is 22.8. The van der Waals surface area contributed by atoms with Crippen LogP contribution in [0.15, 0.2) is 262 Å². The molecule has 19 heteroatoms. The van der Waals surface area contributed by atoms with E-state index in [0.717, 1.165) is 85.1 Å². The zero-order valence-electron chi connectivity index (χ0n) is 49.8. The van der Waals surface area contributed by atoms with Gasteiger partial charge in [0.1, 0.15) is 0 Å². The molecule has 0 aliphatic heterocycles. The van der Waals surface area contributed by atoms with Crippen molar-refractivity contribution in [2.24, 2.45) is 0 Å². The normalized spacial score (nSPS) is 13.4. The molecule has 0 heterocycles. The first-order valence-electron chi connectivity index (χ1n) is 29.0. The van der Waals surface area contributed by atoms with Gasteiger partial charge in [-0.1, -0.05) is 91.3 Å².